The van der Waals surface area contributed by atoms with Crippen molar-refractivity contribution in [1.29, 1.82) is 0 Å². The van der Waals surface area contributed by atoms with Crippen molar-refractivity contribution in [3.63, 3.8) is 0 Å². The van der Waals surface area contributed by atoms with Gasteiger partial charge >= 0.3 is 0 Å². The minimum Gasteiger partial charge on any atom is -0.208 e. The molecule has 0 unspecified atom stereocenters. The Morgan fingerprint density at radius 1 is 0.286 bits per heavy atom. The first kappa shape index (κ1) is 32.5. The van der Waals surface area contributed by atoms with Gasteiger partial charge < -0.3 is 0 Å². The van der Waals surface area contributed by atoms with E-state index in [9.17, 15) is 0 Å². The monoisotopic (exact) mass is 731 g/mol. The lowest BCUT2D eigenvalue weighted by molar-refractivity contribution is 0.723. The van der Waals surface area contributed by atoms with E-state index in [4.69, 9.17) is 15.0 Å². The van der Waals surface area contributed by atoms with Gasteiger partial charge in [0.25, 0.3) is 0 Å². The molecule has 0 atom stereocenters. The van der Waals surface area contributed by atoms with Crippen molar-refractivity contribution in [2.45, 2.75) is 15.2 Å². The molecule has 1 aliphatic heterocycles. The third kappa shape index (κ3) is 5.18. The van der Waals surface area contributed by atoms with Gasteiger partial charge in [0.2, 0.25) is 0 Å². The first-order valence-electron chi connectivity index (χ1n) is 18.9. The Morgan fingerprint density at radius 3 is 1.34 bits per heavy atom. The summed E-state index contributed by atoms with van der Waals surface area (Å²) in [5, 5.41) is 0. The molecule has 8 aromatic carbocycles. The van der Waals surface area contributed by atoms with E-state index in [1.165, 1.54) is 43.2 Å². The van der Waals surface area contributed by atoms with Crippen molar-refractivity contribution in [1.82, 2.24) is 15.0 Å². The lowest BCUT2D eigenvalue weighted by atomic mass is 9.67. The van der Waals surface area contributed by atoms with Crippen LogP contribution in [0.25, 0.3) is 67.5 Å². The quantitative estimate of drug-likeness (QED) is 0.177. The van der Waals surface area contributed by atoms with E-state index in [1.807, 2.05) is 36.0 Å². The van der Waals surface area contributed by atoms with Crippen molar-refractivity contribution < 1.29 is 0 Å². The van der Waals surface area contributed by atoms with Crippen molar-refractivity contribution in [2.24, 2.45) is 0 Å². The number of hydrogen-bond donors (Lipinski definition) is 0. The van der Waals surface area contributed by atoms with E-state index in [1.54, 1.807) is 0 Å². The van der Waals surface area contributed by atoms with Gasteiger partial charge in [0, 0.05) is 26.5 Å². The van der Waals surface area contributed by atoms with Gasteiger partial charge in [-0.3, -0.25) is 0 Å². The first-order chi connectivity index (χ1) is 27.7. The topological polar surface area (TPSA) is 38.7 Å². The Bertz CT molecular complexity index is 2910. The van der Waals surface area contributed by atoms with Crippen LogP contribution in [-0.2, 0) is 5.41 Å². The molecule has 262 valence electrons. The number of aromatic nitrogens is 3. The smallest absolute Gasteiger partial charge is 0.164 e. The molecule has 4 heteroatoms. The summed E-state index contributed by atoms with van der Waals surface area (Å²) in [6, 6.07) is 71.6. The van der Waals surface area contributed by atoms with Crippen LogP contribution in [0.1, 0.15) is 22.3 Å². The Kier molecular flexibility index (Phi) is 7.64. The lowest BCUT2D eigenvalue weighted by Crippen LogP contribution is -2.32. The summed E-state index contributed by atoms with van der Waals surface area (Å²) in [5.74, 6) is 1.92. The first-order valence-corrected chi connectivity index (χ1v) is 19.8. The highest BCUT2D eigenvalue weighted by Gasteiger charge is 2.50. The molecule has 0 radical (unpaired) electrons. The second-order valence-electron chi connectivity index (χ2n) is 14.4. The molecule has 9 aromatic rings. The maximum absolute atomic E-state index is 5.15. The predicted octanol–water partition coefficient (Wildman–Crippen LogP) is 13.0. The second kappa shape index (κ2) is 13.2. The van der Waals surface area contributed by atoms with E-state index >= 15 is 0 Å². The van der Waals surface area contributed by atoms with Crippen LogP contribution in [-0.4, -0.2) is 15.0 Å². The van der Waals surface area contributed by atoms with Crippen LogP contribution in [0.4, 0.5) is 0 Å². The van der Waals surface area contributed by atoms with Crippen molar-refractivity contribution in [3.8, 4) is 67.5 Å². The largest absolute Gasteiger partial charge is 0.208 e. The average Bonchev–Trinajstić information content (AvgIpc) is 3.57. The summed E-state index contributed by atoms with van der Waals surface area (Å²) in [6.07, 6.45) is 0. The SMILES string of the molecule is c1ccc(-c2cccc(-c3nc(-c4ccccc4)nc(-c4cccc(-c5ccc6c(c5)C5(c7ccccc7S6)c6ccccc6-c6ccccc65)c4)n3)c2)cc1. The zero-order valence-electron chi connectivity index (χ0n) is 30.3. The Morgan fingerprint density at radius 2 is 0.714 bits per heavy atom. The Labute approximate surface area is 330 Å². The fourth-order valence-electron chi connectivity index (χ4n) is 8.69. The maximum Gasteiger partial charge on any atom is 0.164 e. The molecule has 0 fully saturated rings. The summed E-state index contributed by atoms with van der Waals surface area (Å²) in [5.41, 5.74) is 14.9. The van der Waals surface area contributed by atoms with Crippen molar-refractivity contribution in [3.05, 3.63) is 222 Å². The highest BCUT2D eigenvalue weighted by atomic mass is 32.2. The molecule has 0 saturated carbocycles. The van der Waals surface area contributed by atoms with Crippen LogP contribution in [0, 0.1) is 0 Å². The molecule has 1 aliphatic carbocycles. The molecule has 2 aliphatic rings. The van der Waals surface area contributed by atoms with Gasteiger partial charge in [-0.2, -0.15) is 0 Å². The highest BCUT2D eigenvalue weighted by Crippen LogP contribution is 2.62. The van der Waals surface area contributed by atoms with E-state index in [2.05, 4.69) is 176 Å². The summed E-state index contributed by atoms with van der Waals surface area (Å²) >= 11 is 1.87. The van der Waals surface area contributed by atoms with Crippen LogP contribution in [0.3, 0.4) is 0 Å². The van der Waals surface area contributed by atoms with Crippen LogP contribution in [0.5, 0.6) is 0 Å². The zero-order chi connectivity index (χ0) is 37.1. The van der Waals surface area contributed by atoms with Crippen LogP contribution in [0.15, 0.2) is 210 Å². The molecule has 0 saturated heterocycles. The third-order valence-corrected chi connectivity index (χ3v) is 12.3. The second-order valence-corrected chi connectivity index (χ2v) is 15.4. The van der Waals surface area contributed by atoms with E-state index in [0.29, 0.717) is 17.5 Å². The zero-order valence-corrected chi connectivity index (χ0v) is 31.1. The molecule has 0 bridgehead atoms. The third-order valence-electron chi connectivity index (χ3n) is 11.2. The standard InChI is InChI=1S/C52H33N3S/c1-3-15-34(16-4-1)36-19-13-21-39(31-36)50-53-49(35-17-5-2-6-18-35)54-51(55-50)40-22-14-20-37(32-40)38-29-30-48-46(33-38)52(45-27-11-12-28-47(45)56-48)43-25-9-7-23-41(43)42-24-8-10-26-44(42)52/h1-33H. The van der Waals surface area contributed by atoms with Crippen molar-refractivity contribution in [2.75, 3.05) is 0 Å². The molecule has 1 spiro atoms. The summed E-state index contributed by atoms with van der Waals surface area (Å²) in [4.78, 5) is 17.9. The Hall–Kier alpha value is -6.88. The molecule has 0 N–H and O–H groups in total. The van der Waals surface area contributed by atoms with Crippen LogP contribution >= 0.6 is 11.8 Å². The summed E-state index contributed by atoms with van der Waals surface area (Å²) in [6.45, 7) is 0. The van der Waals surface area contributed by atoms with Crippen molar-refractivity contribution >= 4 is 11.8 Å². The molecule has 3 nitrogen and oxygen atoms in total. The van der Waals surface area contributed by atoms with Crippen LogP contribution in [0.2, 0.25) is 0 Å². The molecular weight excluding hydrogens is 699 g/mol. The van der Waals surface area contributed by atoms with E-state index in [0.717, 1.165) is 38.9 Å². The van der Waals surface area contributed by atoms with Gasteiger partial charge in [-0.1, -0.05) is 182 Å². The predicted molar refractivity (Wildman–Crippen MR) is 228 cm³/mol. The number of hydrogen-bond acceptors (Lipinski definition) is 4. The normalized spacial score (nSPS) is 13.1. The molecule has 11 rings (SSSR count). The van der Waals surface area contributed by atoms with E-state index < -0.39 is 5.41 Å². The number of nitrogens with zero attached hydrogens (tertiary/aromatic N) is 3. The minimum atomic E-state index is -0.431. The summed E-state index contributed by atoms with van der Waals surface area (Å²) in [7, 11) is 0. The number of rotatable bonds is 5. The van der Waals surface area contributed by atoms with Gasteiger partial charge in [-0.05, 0) is 86.0 Å². The average molecular weight is 732 g/mol. The number of fused-ring (bicyclic) bond motifs is 9. The molecule has 2 heterocycles. The van der Waals surface area contributed by atoms with Gasteiger partial charge in [-0.25, -0.2) is 15.0 Å². The fraction of sp³-hybridized carbons (Fsp3) is 0.0192. The van der Waals surface area contributed by atoms with E-state index in [-0.39, 0.29) is 0 Å². The van der Waals surface area contributed by atoms with Crippen LogP contribution < -0.4 is 0 Å². The highest BCUT2D eigenvalue weighted by molar-refractivity contribution is 7.99. The molecular formula is C52H33N3S. The van der Waals surface area contributed by atoms with Gasteiger partial charge in [0.05, 0.1) is 5.41 Å². The van der Waals surface area contributed by atoms with Gasteiger partial charge in [0.15, 0.2) is 17.5 Å². The van der Waals surface area contributed by atoms with Gasteiger partial charge in [0.1, 0.15) is 0 Å². The molecule has 1 aromatic heterocycles. The Balaban J connectivity index is 1.07. The minimum absolute atomic E-state index is 0.431. The fourth-order valence-corrected chi connectivity index (χ4v) is 9.87. The number of benzene rings is 8. The molecule has 56 heavy (non-hydrogen) atoms. The lowest BCUT2D eigenvalue weighted by Gasteiger charge is -2.40. The van der Waals surface area contributed by atoms with Gasteiger partial charge in [-0.15, -0.1) is 0 Å². The summed E-state index contributed by atoms with van der Waals surface area (Å²) < 4.78 is 0. The molecule has 0 amide bonds. The maximum atomic E-state index is 5.15.